The van der Waals surface area contributed by atoms with Gasteiger partial charge in [-0.2, -0.15) is 10.1 Å². The molecule has 2 aromatic carbocycles. The van der Waals surface area contributed by atoms with Gasteiger partial charge in [-0.1, -0.05) is 29.8 Å². The number of hydrogen-bond donors (Lipinski definition) is 2. The van der Waals surface area contributed by atoms with E-state index in [0.717, 1.165) is 16.9 Å². The van der Waals surface area contributed by atoms with Crippen LogP contribution in [0.3, 0.4) is 0 Å². The molecule has 0 aliphatic carbocycles. The molecule has 0 radical (unpaired) electrons. The number of H-pyrrole nitrogens is 1. The number of imidazole rings is 1. The Balaban J connectivity index is 1.72. The van der Waals surface area contributed by atoms with Crippen molar-refractivity contribution in [1.29, 1.82) is 0 Å². The minimum atomic E-state index is -0.547. The van der Waals surface area contributed by atoms with Gasteiger partial charge in [0.15, 0.2) is 11.2 Å². The molecule has 2 aromatic heterocycles. The van der Waals surface area contributed by atoms with E-state index in [1.54, 1.807) is 23.9 Å². The third-order valence-electron chi connectivity index (χ3n) is 4.86. The average molecular weight is 453 g/mol. The van der Waals surface area contributed by atoms with Crippen LogP contribution in [0, 0.1) is 0 Å². The lowest BCUT2D eigenvalue weighted by atomic mass is 10.2. The number of rotatable bonds is 7. The first kappa shape index (κ1) is 21.4. The fourth-order valence-electron chi connectivity index (χ4n) is 3.25. The Morgan fingerprint density at radius 2 is 1.94 bits per heavy atom. The van der Waals surface area contributed by atoms with Crippen LogP contribution in [-0.2, 0) is 13.6 Å². The first-order valence-corrected chi connectivity index (χ1v) is 10.3. The molecule has 0 aliphatic heterocycles. The second-order valence-electron chi connectivity index (χ2n) is 6.98. The highest BCUT2D eigenvalue weighted by Crippen LogP contribution is 2.22. The normalized spacial score (nSPS) is 11.3. The van der Waals surface area contributed by atoms with Crippen molar-refractivity contribution in [2.24, 2.45) is 12.1 Å². The molecule has 4 rings (SSSR count). The lowest BCUT2D eigenvalue weighted by molar-refractivity contribution is 0.340. The summed E-state index contributed by atoms with van der Waals surface area (Å²) in [4.78, 5) is 31.4. The molecule has 2 N–H and O–H groups in total. The standard InChI is InChI=1S/C22H21ClN6O3/c1-3-32-16-10-8-14(9-11-16)12-24-27-21-25-19-18(20(30)26-22(31)28(19)2)29(21)13-15-6-4-5-7-17(15)23/h4-12H,3,13H2,1-2H3,(H,25,27)(H,26,30,31). The number of fused-ring (bicyclic) bond motifs is 1. The number of halogens is 1. The maximum atomic E-state index is 12.6. The fourth-order valence-corrected chi connectivity index (χ4v) is 3.45. The van der Waals surface area contributed by atoms with Crippen LogP contribution in [0.2, 0.25) is 5.02 Å². The molecular formula is C22H21ClN6O3. The molecule has 0 atom stereocenters. The van der Waals surface area contributed by atoms with Gasteiger partial charge in [0, 0.05) is 12.1 Å². The molecule has 0 unspecified atom stereocenters. The van der Waals surface area contributed by atoms with Crippen LogP contribution in [0.1, 0.15) is 18.1 Å². The third-order valence-corrected chi connectivity index (χ3v) is 5.23. The van der Waals surface area contributed by atoms with E-state index in [-0.39, 0.29) is 17.7 Å². The van der Waals surface area contributed by atoms with Crippen molar-refractivity contribution in [2.75, 3.05) is 12.0 Å². The van der Waals surface area contributed by atoms with Crippen molar-refractivity contribution in [1.82, 2.24) is 19.1 Å². The number of benzene rings is 2. The maximum Gasteiger partial charge on any atom is 0.329 e. The third kappa shape index (κ3) is 4.28. The van der Waals surface area contributed by atoms with Crippen molar-refractivity contribution in [3.63, 3.8) is 0 Å². The minimum absolute atomic E-state index is 0.240. The summed E-state index contributed by atoms with van der Waals surface area (Å²) in [6.45, 7) is 2.78. The van der Waals surface area contributed by atoms with Gasteiger partial charge in [-0.25, -0.2) is 10.2 Å². The highest BCUT2D eigenvalue weighted by Gasteiger charge is 2.18. The number of aromatic nitrogens is 4. The van der Waals surface area contributed by atoms with Crippen molar-refractivity contribution in [3.8, 4) is 5.75 Å². The maximum absolute atomic E-state index is 12.6. The Labute approximate surface area is 187 Å². The Morgan fingerprint density at radius 1 is 1.19 bits per heavy atom. The predicted octanol–water partition coefficient (Wildman–Crippen LogP) is 2.97. The van der Waals surface area contributed by atoms with E-state index in [2.05, 4.69) is 20.5 Å². The van der Waals surface area contributed by atoms with Gasteiger partial charge in [0.1, 0.15) is 5.75 Å². The number of nitrogens with zero attached hydrogens (tertiary/aromatic N) is 4. The van der Waals surface area contributed by atoms with Crippen molar-refractivity contribution >= 4 is 34.9 Å². The van der Waals surface area contributed by atoms with E-state index in [4.69, 9.17) is 16.3 Å². The highest BCUT2D eigenvalue weighted by atomic mass is 35.5. The van der Waals surface area contributed by atoms with Gasteiger partial charge in [-0.05, 0) is 48.4 Å². The number of hydrazone groups is 1. The number of ether oxygens (including phenoxy) is 1. The first-order chi connectivity index (χ1) is 15.5. The minimum Gasteiger partial charge on any atom is -0.494 e. The molecule has 0 aliphatic rings. The monoisotopic (exact) mass is 452 g/mol. The molecule has 164 valence electrons. The van der Waals surface area contributed by atoms with Crippen LogP contribution < -0.4 is 21.4 Å². The van der Waals surface area contributed by atoms with Crippen LogP contribution in [-0.4, -0.2) is 31.9 Å². The number of anilines is 1. The van der Waals surface area contributed by atoms with Gasteiger partial charge in [-0.3, -0.25) is 18.9 Å². The SMILES string of the molecule is CCOc1ccc(C=NNc2nc3c(c(=O)[nH]c(=O)n3C)n2Cc2ccccc2Cl)cc1. The van der Waals surface area contributed by atoms with Crippen molar-refractivity contribution in [3.05, 3.63) is 85.5 Å². The Kier molecular flexibility index (Phi) is 6.09. The van der Waals surface area contributed by atoms with Crippen molar-refractivity contribution in [2.45, 2.75) is 13.5 Å². The highest BCUT2D eigenvalue weighted by molar-refractivity contribution is 6.31. The quantitative estimate of drug-likeness (QED) is 0.331. The molecular weight excluding hydrogens is 432 g/mol. The van der Waals surface area contributed by atoms with Gasteiger partial charge >= 0.3 is 5.69 Å². The van der Waals surface area contributed by atoms with Crippen LogP contribution in [0.25, 0.3) is 11.2 Å². The summed E-state index contributed by atoms with van der Waals surface area (Å²) >= 11 is 6.33. The molecule has 32 heavy (non-hydrogen) atoms. The second kappa shape index (κ2) is 9.11. The summed E-state index contributed by atoms with van der Waals surface area (Å²) in [6.07, 6.45) is 1.62. The molecule has 2 heterocycles. The van der Waals surface area contributed by atoms with Crippen molar-refractivity contribution < 1.29 is 4.74 Å². The molecule has 0 saturated carbocycles. The smallest absolute Gasteiger partial charge is 0.329 e. The Morgan fingerprint density at radius 3 is 2.66 bits per heavy atom. The second-order valence-corrected chi connectivity index (χ2v) is 7.38. The Bertz CT molecular complexity index is 1400. The lowest BCUT2D eigenvalue weighted by Gasteiger charge is -2.09. The fraction of sp³-hybridized carbons (Fsp3) is 0.182. The summed E-state index contributed by atoms with van der Waals surface area (Å²) in [5.41, 5.74) is 3.92. The molecule has 0 bridgehead atoms. The summed E-state index contributed by atoms with van der Waals surface area (Å²) in [5, 5.41) is 4.81. The summed E-state index contributed by atoms with van der Waals surface area (Å²) in [7, 11) is 1.54. The van der Waals surface area contributed by atoms with Crippen LogP contribution in [0.15, 0.2) is 63.2 Å². The van der Waals surface area contributed by atoms with Crippen LogP contribution >= 0.6 is 11.6 Å². The topological polar surface area (TPSA) is 106 Å². The average Bonchev–Trinajstić information content (AvgIpc) is 3.14. The zero-order chi connectivity index (χ0) is 22.7. The molecule has 0 spiro atoms. The van der Waals surface area contributed by atoms with E-state index in [1.807, 2.05) is 49.4 Å². The molecule has 0 fully saturated rings. The van der Waals surface area contributed by atoms with Gasteiger partial charge in [0.2, 0.25) is 5.95 Å². The van der Waals surface area contributed by atoms with E-state index < -0.39 is 11.2 Å². The van der Waals surface area contributed by atoms with Gasteiger partial charge < -0.3 is 4.74 Å². The predicted molar refractivity (Wildman–Crippen MR) is 125 cm³/mol. The van der Waals surface area contributed by atoms with Gasteiger partial charge in [0.05, 0.1) is 19.4 Å². The molecule has 10 heteroatoms. The first-order valence-electron chi connectivity index (χ1n) is 9.92. The number of aryl methyl sites for hydroxylation is 1. The number of nitrogens with one attached hydrogen (secondary N) is 2. The summed E-state index contributed by atoms with van der Waals surface area (Å²) in [5.74, 6) is 1.08. The summed E-state index contributed by atoms with van der Waals surface area (Å²) < 4.78 is 8.36. The van der Waals surface area contributed by atoms with E-state index in [9.17, 15) is 9.59 Å². The number of hydrogen-bond acceptors (Lipinski definition) is 6. The molecule has 0 saturated heterocycles. The van der Waals surface area contributed by atoms with Gasteiger partial charge in [-0.15, -0.1) is 0 Å². The Hall–Kier alpha value is -3.85. The van der Waals surface area contributed by atoms with Gasteiger partial charge in [0.25, 0.3) is 5.56 Å². The molecule has 4 aromatic rings. The van der Waals surface area contributed by atoms with E-state index in [1.165, 1.54) is 4.57 Å². The molecule has 9 nitrogen and oxygen atoms in total. The molecule has 0 amide bonds. The van der Waals surface area contributed by atoms with Crippen LogP contribution in [0.4, 0.5) is 5.95 Å². The summed E-state index contributed by atoms with van der Waals surface area (Å²) in [6, 6.07) is 14.8. The number of aromatic amines is 1. The van der Waals surface area contributed by atoms with E-state index >= 15 is 0 Å². The van der Waals surface area contributed by atoms with E-state index in [0.29, 0.717) is 17.6 Å². The zero-order valence-electron chi connectivity index (χ0n) is 17.5. The lowest BCUT2D eigenvalue weighted by Crippen LogP contribution is -2.29. The largest absolute Gasteiger partial charge is 0.494 e. The zero-order valence-corrected chi connectivity index (χ0v) is 18.3. The van der Waals surface area contributed by atoms with Crippen LogP contribution in [0.5, 0.6) is 5.75 Å².